The number of sulfone groups is 1. The lowest BCUT2D eigenvalue weighted by atomic mass is 10.1. The normalized spacial score (nSPS) is 14.6. The zero-order chi connectivity index (χ0) is 24.6. The molecule has 8 nitrogen and oxygen atoms in total. The molecule has 5 rings (SSSR count). The standard InChI is InChI=1S/C23H15Cl2N5O3S2/c24-17-2-1-3-18(25)16(17)12-35(32,33)15-8-9-20-19(11-15)26-23(31)21(34-20)10-13-4-6-14(7-5-13)22-27-29-30-28-22/h1-11H,12H2,(H,26,31)(H,27,28,29,30)/b21-10+. The van der Waals surface area contributed by atoms with Crippen LogP contribution in [0.4, 0.5) is 5.69 Å². The fourth-order valence-corrected chi connectivity index (χ4v) is 6.49. The highest BCUT2D eigenvalue weighted by molar-refractivity contribution is 8.04. The fraction of sp³-hybridized carbons (Fsp3) is 0.0435. The average molecular weight is 544 g/mol. The minimum absolute atomic E-state index is 0.0672. The summed E-state index contributed by atoms with van der Waals surface area (Å²) in [7, 11) is -3.76. The maximum absolute atomic E-state index is 13.0. The molecule has 0 saturated carbocycles. The first-order valence-corrected chi connectivity index (χ1v) is 13.4. The van der Waals surface area contributed by atoms with Gasteiger partial charge in [0.15, 0.2) is 9.84 Å². The summed E-state index contributed by atoms with van der Waals surface area (Å²) in [6.45, 7) is 0. The highest BCUT2D eigenvalue weighted by Crippen LogP contribution is 2.40. The molecule has 0 atom stereocenters. The molecule has 12 heteroatoms. The van der Waals surface area contributed by atoms with Gasteiger partial charge in [0.05, 0.1) is 21.2 Å². The summed E-state index contributed by atoms with van der Waals surface area (Å²) in [4.78, 5) is 14.0. The molecule has 0 bridgehead atoms. The van der Waals surface area contributed by atoms with Gasteiger partial charge in [-0.2, -0.15) is 5.21 Å². The first-order valence-electron chi connectivity index (χ1n) is 10.1. The number of tetrazole rings is 1. The van der Waals surface area contributed by atoms with E-state index in [4.69, 9.17) is 23.2 Å². The lowest BCUT2D eigenvalue weighted by Gasteiger charge is -2.19. The highest BCUT2D eigenvalue weighted by Gasteiger charge is 2.25. The number of aromatic amines is 1. The number of H-pyrrole nitrogens is 1. The van der Waals surface area contributed by atoms with Gasteiger partial charge >= 0.3 is 0 Å². The van der Waals surface area contributed by atoms with Gasteiger partial charge in [0.1, 0.15) is 0 Å². The number of nitrogens with zero attached hydrogens (tertiary/aromatic N) is 3. The Morgan fingerprint density at radius 2 is 1.74 bits per heavy atom. The van der Waals surface area contributed by atoms with Gasteiger partial charge in [0.25, 0.3) is 5.91 Å². The number of carbonyl (C=O) groups is 1. The lowest BCUT2D eigenvalue weighted by molar-refractivity contribution is -0.112. The number of nitrogens with one attached hydrogen (secondary N) is 2. The van der Waals surface area contributed by atoms with Crippen LogP contribution in [0.5, 0.6) is 0 Å². The smallest absolute Gasteiger partial charge is 0.262 e. The number of amides is 1. The van der Waals surface area contributed by atoms with Crippen molar-refractivity contribution in [2.24, 2.45) is 0 Å². The van der Waals surface area contributed by atoms with E-state index in [0.29, 0.717) is 22.0 Å². The number of fused-ring (bicyclic) bond motifs is 1. The summed E-state index contributed by atoms with van der Waals surface area (Å²) in [5.74, 6) is -0.199. The molecule has 176 valence electrons. The van der Waals surface area contributed by atoms with Crippen molar-refractivity contribution in [3.05, 3.63) is 86.7 Å². The van der Waals surface area contributed by atoms with Gasteiger partial charge < -0.3 is 5.32 Å². The van der Waals surface area contributed by atoms with Crippen molar-refractivity contribution in [1.82, 2.24) is 20.6 Å². The number of aromatic nitrogens is 4. The second-order valence-electron chi connectivity index (χ2n) is 7.54. The Morgan fingerprint density at radius 1 is 1.00 bits per heavy atom. The van der Waals surface area contributed by atoms with E-state index in [1.807, 2.05) is 24.3 Å². The van der Waals surface area contributed by atoms with E-state index in [-0.39, 0.29) is 26.6 Å². The Kier molecular flexibility index (Phi) is 6.37. The number of anilines is 1. The molecule has 1 aromatic heterocycles. The van der Waals surface area contributed by atoms with Crippen molar-refractivity contribution in [3.63, 3.8) is 0 Å². The van der Waals surface area contributed by atoms with Gasteiger partial charge in [-0.15, -0.1) is 10.2 Å². The van der Waals surface area contributed by atoms with Crippen LogP contribution in [0, 0.1) is 0 Å². The first-order chi connectivity index (χ1) is 16.8. The van der Waals surface area contributed by atoms with Crippen molar-refractivity contribution < 1.29 is 13.2 Å². The molecule has 1 aliphatic rings. The minimum atomic E-state index is -3.76. The summed E-state index contributed by atoms with van der Waals surface area (Å²) in [6.07, 6.45) is 1.76. The maximum atomic E-state index is 13.0. The second kappa shape index (κ2) is 9.46. The molecule has 2 N–H and O–H groups in total. The van der Waals surface area contributed by atoms with Crippen LogP contribution in [0.3, 0.4) is 0 Å². The second-order valence-corrected chi connectivity index (χ2v) is 11.4. The van der Waals surface area contributed by atoms with Crippen LogP contribution >= 0.6 is 35.0 Å². The first kappa shape index (κ1) is 23.6. The Morgan fingerprint density at radius 3 is 2.43 bits per heavy atom. The van der Waals surface area contributed by atoms with Crippen LogP contribution < -0.4 is 5.32 Å². The third-order valence-corrected chi connectivity index (χ3v) is 8.66. The van der Waals surface area contributed by atoms with Crippen molar-refractivity contribution in [3.8, 4) is 11.4 Å². The Balaban J connectivity index is 1.38. The molecule has 3 aromatic carbocycles. The number of benzene rings is 3. The third kappa shape index (κ3) is 4.96. The average Bonchev–Trinajstić information content (AvgIpc) is 3.37. The predicted octanol–water partition coefficient (Wildman–Crippen LogP) is 5.23. The number of hydrogen-bond donors (Lipinski definition) is 2. The molecule has 0 spiro atoms. The van der Waals surface area contributed by atoms with Crippen LogP contribution in [-0.4, -0.2) is 34.9 Å². The SMILES string of the molecule is O=C1Nc2cc(S(=O)(=O)Cc3c(Cl)cccc3Cl)ccc2S/C1=C/c1ccc(-c2nn[nH]n2)cc1. The van der Waals surface area contributed by atoms with Crippen LogP contribution in [-0.2, 0) is 20.4 Å². The van der Waals surface area contributed by atoms with Crippen LogP contribution in [0.25, 0.3) is 17.5 Å². The molecule has 1 amide bonds. The number of thioether (sulfide) groups is 1. The number of rotatable bonds is 5. The van der Waals surface area contributed by atoms with Gasteiger partial charge in [-0.25, -0.2) is 8.42 Å². The van der Waals surface area contributed by atoms with Gasteiger partial charge in [-0.1, -0.05) is 65.3 Å². The van der Waals surface area contributed by atoms with Gasteiger partial charge in [0.2, 0.25) is 5.82 Å². The van der Waals surface area contributed by atoms with E-state index in [2.05, 4.69) is 25.9 Å². The molecule has 0 aliphatic carbocycles. The molecule has 2 heterocycles. The molecule has 4 aromatic rings. The highest BCUT2D eigenvalue weighted by atomic mass is 35.5. The van der Waals surface area contributed by atoms with E-state index in [9.17, 15) is 13.2 Å². The molecule has 0 radical (unpaired) electrons. The molecular weight excluding hydrogens is 529 g/mol. The quantitative estimate of drug-likeness (QED) is 0.330. The molecule has 0 fully saturated rings. The van der Waals surface area contributed by atoms with E-state index in [1.165, 1.54) is 23.9 Å². The summed E-state index contributed by atoms with van der Waals surface area (Å²) >= 11 is 13.6. The van der Waals surface area contributed by atoms with Crippen LogP contribution in [0.1, 0.15) is 11.1 Å². The predicted molar refractivity (Wildman–Crippen MR) is 136 cm³/mol. The monoisotopic (exact) mass is 543 g/mol. The van der Waals surface area contributed by atoms with E-state index < -0.39 is 9.84 Å². The van der Waals surface area contributed by atoms with Crippen LogP contribution in [0.15, 0.2) is 75.4 Å². The minimum Gasteiger partial charge on any atom is -0.320 e. The molecule has 35 heavy (non-hydrogen) atoms. The number of hydrogen-bond acceptors (Lipinski definition) is 7. The van der Waals surface area contributed by atoms with Gasteiger partial charge in [-0.3, -0.25) is 4.79 Å². The van der Waals surface area contributed by atoms with Crippen molar-refractivity contribution in [2.75, 3.05) is 5.32 Å². The van der Waals surface area contributed by atoms with E-state index in [1.54, 1.807) is 30.3 Å². The molecule has 1 aliphatic heterocycles. The van der Waals surface area contributed by atoms with Crippen molar-refractivity contribution in [2.45, 2.75) is 15.5 Å². The molecular formula is C23H15Cl2N5O3S2. The van der Waals surface area contributed by atoms with Crippen molar-refractivity contribution in [1.29, 1.82) is 0 Å². The molecule has 0 saturated heterocycles. The Bertz CT molecular complexity index is 1550. The van der Waals surface area contributed by atoms with E-state index >= 15 is 0 Å². The van der Waals surface area contributed by atoms with Crippen molar-refractivity contribution >= 4 is 62.5 Å². The lowest BCUT2D eigenvalue weighted by Crippen LogP contribution is -2.18. The summed E-state index contributed by atoms with van der Waals surface area (Å²) in [5.41, 5.74) is 2.37. The van der Waals surface area contributed by atoms with Crippen LogP contribution in [0.2, 0.25) is 10.0 Å². The summed E-state index contributed by atoms with van der Waals surface area (Å²) in [6, 6.07) is 16.8. The topological polar surface area (TPSA) is 118 Å². The Labute approximate surface area is 214 Å². The summed E-state index contributed by atoms with van der Waals surface area (Å²) < 4.78 is 26.1. The molecule has 0 unspecified atom stereocenters. The number of halogens is 2. The van der Waals surface area contributed by atoms with Gasteiger partial charge in [0, 0.05) is 26.1 Å². The summed E-state index contributed by atoms with van der Waals surface area (Å²) in [5, 5.41) is 17.2. The number of carbonyl (C=O) groups excluding carboxylic acids is 1. The maximum Gasteiger partial charge on any atom is 0.262 e. The fourth-order valence-electron chi connectivity index (χ4n) is 3.44. The Hall–Kier alpha value is -3.18. The zero-order valence-corrected chi connectivity index (χ0v) is 20.8. The van der Waals surface area contributed by atoms with Gasteiger partial charge in [-0.05, 0) is 47.2 Å². The third-order valence-electron chi connectivity index (χ3n) is 5.21. The zero-order valence-electron chi connectivity index (χ0n) is 17.7. The van der Waals surface area contributed by atoms with E-state index in [0.717, 1.165) is 16.0 Å². The largest absolute Gasteiger partial charge is 0.320 e.